The van der Waals surface area contributed by atoms with Crippen molar-refractivity contribution in [3.05, 3.63) is 34.5 Å². The zero-order valence-corrected chi connectivity index (χ0v) is 18.4. The van der Waals surface area contributed by atoms with E-state index in [1.165, 1.54) is 6.20 Å². The van der Waals surface area contributed by atoms with Crippen LogP contribution in [0.25, 0.3) is 0 Å². The number of nitrogens with two attached hydrogens (primary N) is 1. The number of ether oxygens (including phenoxy) is 1. The number of aromatic nitrogens is 2. The Balaban J connectivity index is 1.47. The van der Waals surface area contributed by atoms with Crippen LogP contribution in [-0.2, 0) is 42.1 Å². The highest BCUT2D eigenvalue weighted by atomic mass is 32.2. The molecule has 0 bridgehead atoms. The molecule has 8 nitrogen and oxygen atoms in total. The zero-order chi connectivity index (χ0) is 22.0. The quantitative estimate of drug-likeness (QED) is 0.752. The maximum atomic E-state index is 14.1. The molecule has 166 valence electrons. The predicted molar refractivity (Wildman–Crippen MR) is 114 cm³/mol. The Bertz CT molecular complexity index is 1220. The van der Waals surface area contributed by atoms with Crippen LogP contribution in [0.1, 0.15) is 48.9 Å². The lowest BCUT2D eigenvalue weighted by Gasteiger charge is -2.20. The number of alkyl halides is 1. The third kappa shape index (κ3) is 3.41. The van der Waals surface area contributed by atoms with Gasteiger partial charge in [0.1, 0.15) is 16.7 Å². The molecule has 2 aromatic rings. The van der Waals surface area contributed by atoms with E-state index >= 15 is 0 Å². The minimum absolute atomic E-state index is 0.104. The number of aryl methyl sites for hydroxylation is 1. The van der Waals surface area contributed by atoms with Gasteiger partial charge in [0.05, 0.1) is 12.7 Å². The first-order chi connectivity index (χ1) is 14.7. The van der Waals surface area contributed by atoms with Gasteiger partial charge in [-0.3, -0.25) is 0 Å². The molecule has 1 aromatic heterocycles. The Hall–Kier alpha value is -2.46. The molecule has 0 radical (unpaired) electrons. The number of carbonyl (C=O) groups excluding carboxylic acids is 1. The number of rotatable bonds is 3. The highest BCUT2D eigenvalue weighted by Gasteiger charge is 2.38. The Morgan fingerprint density at radius 3 is 3.00 bits per heavy atom. The molecule has 3 unspecified atom stereocenters. The van der Waals surface area contributed by atoms with Gasteiger partial charge in [-0.25, -0.2) is 23.2 Å². The summed E-state index contributed by atoms with van der Waals surface area (Å²) in [6.07, 6.45) is 4.44. The average Bonchev–Trinajstić information content (AvgIpc) is 3.43. The molecule has 1 aromatic carbocycles. The van der Waals surface area contributed by atoms with Crippen molar-refractivity contribution in [2.45, 2.75) is 75.6 Å². The molecule has 5 rings (SSSR count). The molecule has 0 spiro atoms. The minimum Gasteiger partial charge on any atom is -0.469 e. The molecule has 10 heteroatoms. The fourth-order valence-electron chi connectivity index (χ4n) is 4.79. The van der Waals surface area contributed by atoms with Gasteiger partial charge in [-0.15, -0.1) is 4.36 Å². The third-order valence-corrected chi connectivity index (χ3v) is 7.91. The van der Waals surface area contributed by atoms with Crippen LogP contribution < -0.4 is 15.2 Å². The zero-order valence-electron chi connectivity index (χ0n) is 17.6. The van der Waals surface area contributed by atoms with Crippen molar-refractivity contribution in [1.82, 2.24) is 9.78 Å². The van der Waals surface area contributed by atoms with Crippen molar-refractivity contribution in [1.29, 1.82) is 0 Å². The van der Waals surface area contributed by atoms with Crippen LogP contribution in [0, 0.1) is 0 Å². The maximum Gasteiger partial charge on any atom is 0.354 e. The summed E-state index contributed by atoms with van der Waals surface area (Å²) in [6.45, 7) is 4.43. The standard InChI is InChI=1S/C21H26FN5O3S/c1-3-21(2)11-27-19(30-21)17(10-24-27)31(23,29)26-20(28)25-18-15-6-4-5-12(15)7-13-8-14(22)9-16(13)18/h7,10,14H,3-6,8-9,11H2,1-2H3,(H3,23,25,26,28,29). The number of anilines is 1. The summed E-state index contributed by atoms with van der Waals surface area (Å²) in [5.74, 6) is 0.287. The number of hydrogen-bond donors (Lipinski definition) is 2. The third-order valence-electron chi connectivity index (χ3n) is 6.57. The van der Waals surface area contributed by atoms with Gasteiger partial charge < -0.3 is 10.1 Å². The van der Waals surface area contributed by atoms with Crippen molar-refractivity contribution >= 4 is 21.6 Å². The number of halogens is 1. The van der Waals surface area contributed by atoms with E-state index in [1.807, 2.05) is 13.8 Å². The largest absolute Gasteiger partial charge is 0.469 e. The van der Waals surface area contributed by atoms with Crippen molar-refractivity contribution in [3.63, 3.8) is 0 Å². The molecule has 0 saturated carbocycles. The van der Waals surface area contributed by atoms with Gasteiger partial charge in [-0.2, -0.15) is 5.10 Å². The van der Waals surface area contributed by atoms with E-state index in [2.05, 4.69) is 20.8 Å². The van der Waals surface area contributed by atoms with E-state index in [1.54, 1.807) is 4.68 Å². The Labute approximate surface area is 180 Å². The lowest BCUT2D eigenvalue weighted by molar-refractivity contribution is 0.105. The van der Waals surface area contributed by atoms with Crippen LogP contribution in [0.15, 0.2) is 21.5 Å². The van der Waals surface area contributed by atoms with Gasteiger partial charge in [-0.05, 0) is 54.9 Å². The molecule has 3 aliphatic rings. The second kappa shape index (κ2) is 7.03. The van der Waals surface area contributed by atoms with Crippen LogP contribution in [0.5, 0.6) is 5.88 Å². The summed E-state index contributed by atoms with van der Waals surface area (Å²) in [5, 5.41) is 13.0. The van der Waals surface area contributed by atoms with Gasteiger partial charge in [0.15, 0.2) is 9.92 Å². The summed E-state index contributed by atoms with van der Waals surface area (Å²) in [7, 11) is -3.58. The summed E-state index contributed by atoms with van der Waals surface area (Å²) in [6, 6.07) is 1.25. The van der Waals surface area contributed by atoms with Gasteiger partial charge >= 0.3 is 6.03 Å². The Kier molecular flexibility index (Phi) is 4.63. The number of urea groups is 1. The highest BCUT2D eigenvalue weighted by molar-refractivity contribution is 7.91. The molecule has 2 amide bonds. The second-order valence-corrected chi connectivity index (χ2v) is 10.6. The topological polar surface area (TPSA) is 112 Å². The monoisotopic (exact) mass is 447 g/mol. The smallest absolute Gasteiger partial charge is 0.354 e. The first kappa shape index (κ1) is 20.4. The molecule has 2 heterocycles. The molecule has 1 aliphatic heterocycles. The first-order valence-electron chi connectivity index (χ1n) is 10.6. The van der Waals surface area contributed by atoms with Crippen LogP contribution >= 0.6 is 0 Å². The van der Waals surface area contributed by atoms with Gasteiger partial charge in [0.25, 0.3) is 0 Å². The summed E-state index contributed by atoms with van der Waals surface area (Å²) in [5.41, 5.74) is 4.05. The molecule has 3 N–H and O–H groups in total. The number of carbonyl (C=O) groups is 1. The SMILES string of the molecule is CCC1(C)Cn2ncc(S(N)(=O)=NC(=O)Nc3c4c(cc5c3CC(F)C5)CCC4)c2O1. The number of nitrogens with one attached hydrogen (secondary N) is 1. The molecule has 2 aliphatic carbocycles. The lowest BCUT2D eigenvalue weighted by atomic mass is 9.99. The second-order valence-electron chi connectivity index (χ2n) is 8.85. The molecule has 0 saturated heterocycles. The fourth-order valence-corrected chi connectivity index (χ4v) is 5.78. The van der Waals surface area contributed by atoms with Crippen molar-refractivity contribution < 1.29 is 18.1 Å². The summed E-state index contributed by atoms with van der Waals surface area (Å²) >= 11 is 0. The normalized spacial score (nSPS) is 25.4. The van der Waals surface area contributed by atoms with E-state index in [0.717, 1.165) is 47.9 Å². The summed E-state index contributed by atoms with van der Waals surface area (Å²) < 4.78 is 38.6. The van der Waals surface area contributed by atoms with Crippen LogP contribution in [-0.4, -0.2) is 31.8 Å². The van der Waals surface area contributed by atoms with Crippen LogP contribution in [0.2, 0.25) is 0 Å². The fraction of sp³-hybridized carbons (Fsp3) is 0.524. The minimum atomic E-state index is -3.58. The highest BCUT2D eigenvalue weighted by Crippen LogP contribution is 2.40. The number of hydrogen-bond acceptors (Lipinski definition) is 4. The molecule has 0 fully saturated rings. The predicted octanol–water partition coefficient (Wildman–Crippen LogP) is 3.30. The average molecular weight is 448 g/mol. The number of amides is 2. The Morgan fingerprint density at radius 1 is 1.42 bits per heavy atom. The van der Waals surface area contributed by atoms with Gasteiger partial charge in [0.2, 0.25) is 5.88 Å². The van der Waals surface area contributed by atoms with Crippen molar-refractivity contribution in [3.8, 4) is 5.88 Å². The molecule has 31 heavy (non-hydrogen) atoms. The van der Waals surface area contributed by atoms with Gasteiger partial charge in [-0.1, -0.05) is 13.0 Å². The summed E-state index contributed by atoms with van der Waals surface area (Å²) in [4.78, 5) is 12.9. The molecular formula is C21H26FN5O3S. The van der Waals surface area contributed by atoms with E-state index in [0.29, 0.717) is 18.7 Å². The number of benzene rings is 1. The van der Waals surface area contributed by atoms with Gasteiger partial charge in [0, 0.05) is 18.5 Å². The first-order valence-corrected chi connectivity index (χ1v) is 12.2. The van der Waals surface area contributed by atoms with Crippen LogP contribution in [0.3, 0.4) is 0 Å². The van der Waals surface area contributed by atoms with Crippen LogP contribution in [0.4, 0.5) is 14.9 Å². The number of fused-ring (bicyclic) bond motifs is 3. The Morgan fingerprint density at radius 2 is 2.23 bits per heavy atom. The van der Waals surface area contributed by atoms with E-state index < -0.39 is 27.7 Å². The van der Waals surface area contributed by atoms with E-state index in [4.69, 9.17) is 9.88 Å². The molecule has 3 atom stereocenters. The van der Waals surface area contributed by atoms with Crippen molar-refractivity contribution in [2.24, 2.45) is 9.50 Å². The molecular weight excluding hydrogens is 421 g/mol. The van der Waals surface area contributed by atoms with Crippen molar-refractivity contribution in [2.75, 3.05) is 5.32 Å². The van der Waals surface area contributed by atoms with E-state index in [9.17, 15) is 13.4 Å². The number of nitrogens with zero attached hydrogens (tertiary/aromatic N) is 3. The maximum absolute atomic E-state index is 14.1. The van der Waals surface area contributed by atoms with E-state index in [-0.39, 0.29) is 17.2 Å². The lowest BCUT2D eigenvalue weighted by Crippen LogP contribution is -2.30.